The molecule has 0 bridgehead atoms. The fourth-order valence-electron chi connectivity index (χ4n) is 1.38. The summed E-state index contributed by atoms with van der Waals surface area (Å²) in [6.45, 7) is 0. The Hall–Kier alpha value is -1.43. The summed E-state index contributed by atoms with van der Waals surface area (Å²) in [5, 5.41) is 10.8. The number of nitrogens with zero attached hydrogens (tertiary/aromatic N) is 3. The van der Waals surface area contributed by atoms with Gasteiger partial charge in [-0.2, -0.15) is 0 Å². The van der Waals surface area contributed by atoms with Gasteiger partial charge in [0.1, 0.15) is 10.0 Å². The fourth-order valence-corrected chi connectivity index (χ4v) is 2.55. The maximum atomic E-state index is 6.00. The molecule has 3 aromatic rings. The summed E-state index contributed by atoms with van der Waals surface area (Å²) in [4.78, 5) is 4.72. The van der Waals surface area contributed by atoms with Gasteiger partial charge in [0.25, 0.3) is 5.89 Å². The highest BCUT2D eigenvalue weighted by molar-refractivity contribution is 7.14. The van der Waals surface area contributed by atoms with E-state index in [9.17, 15) is 0 Å². The van der Waals surface area contributed by atoms with Crippen molar-refractivity contribution in [3.05, 3.63) is 40.0 Å². The first-order valence-electron chi connectivity index (χ1n) is 4.93. The van der Waals surface area contributed by atoms with Crippen LogP contribution in [-0.4, -0.2) is 15.2 Å². The number of rotatable bonds is 2. The van der Waals surface area contributed by atoms with Crippen LogP contribution in [0.2, 0.25) is 10.2 Å². The van der Waals surface area contributed by atoms with Crippen molar-refractivity contribution in [3.63, 3.8) is 0 Å². The van der Waals surface area contributed by atoms with Crippen LogP contribution in [0.3, 0.4) is 0 Å². The van der Waals surface area contributed by atoms with Crippen molar-refractivity contribution in [2.45, 2.75) is 0 Å². The monoisotopic (exact) mass is 297 g/mol. The number of halogens is 2. The molecule has 0 radical (unpaired) electrons. The van der Waals surface area contributed by atoms with Gasteiger partial charge >= 0.3 is 0 Å². The van der Waals surface area contributed by atoms with E-state index in [0.717, 1.165) is 4.88 Å². The lowest BCUT2D eigenvalue weighted by Crippen LogP contribution is -1.79. The molecule has 0 saturated carbocycles. The Balaban J connectivity index is 1.99. The van der Waals surface area contributed by atoms with Crippen LogP contribution in [0.4, 0.5) is 0 Å². The number of aromatic nitrogens is 3. The van der Waals surface area contributed by atoms with E-state index in [1.165, 1.54) is 11.3 Å². The van der Waals surface area contributed by atoms with Gasteiger partial charge in [-0.25, -0.2) is 4.98 Å². The average molecular weight is 298 g/mol. The van der Waals surface area contributed by atoms with Crippen molar-refractivity contribution in [2.75, 3.05) is 0 Å². The van der Waals surface area contributed by atoms with Gasteiger partial charge < -0.3 is 4.42 Å². The standard InChI is InChI=1S/C11H5Cl2N3OS/c12-7-3-4-18-9(7)11-16-15-10(17-11)6-1-2-8(13)14-5-6/h1-5H. The van der Waals surface area contributed by atoms with Crippen LogP contribution in [0, 0.1) is 0 Å². The lowest BCUT2D eigenvalue weighted by Gasteiger charge is -1.93. The summed E-state index contributed by atoms with van der Waals surface area (Å²) in [7, 11) is 0. The van der Waals surface area contributed by atoms with Gasteiger partial charge in [-0.1, -0.05) is 23.2 Å². The molecule has 18 heavy (non-hydrogen) atoms. The highest BCUT2D eigenvalue weighted by atomic mass is 35.5. The summed E-state index contributed by atoms with van der Waals surface area (Å²) in [6, 6.07) is 5.22. The zero-order chi connectivity index (χ0) is 12.5. The van der Waals surface area contributed by atoms with Crippen molar-refractivity contribution >= 4 is 34.5 Å². The molecule has 0 unspecified atom stereocenters. The molecule has 4 nitrogen and oxygen atoms in total. The maximum absolute atomic E-state index is 6.00. The SMILES string of the molecule is Clc1ccc(-c2nnc(-c3sccc3Cl)o2)cn1. The third-order valence-corrected chi connectivity index (χ3v) is 3.76. The molecule has 0 aliphatic heterocycles. The summed E-state index contributed by atoms with van der Waals surface area (Å²) in [6.07, 6.45) is 1.58. The van der Waals surface area contributed by atoms with Crippen LogP contribution in [0.15, 0.2) is 34.2 Å². The molecular formula is C11H5Cl2N3OS. The van der Waals surface area contributed by atoms with E-state index in [-0.39, 0.29) is 0 Å². The van der Waals surface area contributed by atoms with E-state index >= 15 is 0 Å². The molecule has 3 heterocycles. The second-order valence-corrected chi connectivity index (χ2v) is 5.09. The average Bonchev–Trinajstić information content (AvgIpc) is 2.98. The van der Waals surface area contributed by atoms with E-state index in [1.54, 1.807) is 24.4 Å². The van der Waals surface area contributed by atoms with Gasteiger partial charge in [-0.15, -0.1) is 21.5 Å². The van der Waals surface area contributed by atoms with Gasteiger partial charge in [0.05, 0.1) is 10.6 Å². The predicted octanol–water partition coefficient (Wildman–Crippen LogP) is 4.17. The van der Waals surface area contributed by atoms with Crippen LogP contribution < -0.4 is 0 Å². The summed E-state index contributed by atoms with van der Waals surface area (Å²) >= 11 is 13.2. The smallest absolute Gasteiger partial charge is 0.259 e. The fraction of sp³-hybridized carbons (Fsp3) is 0. The van der Waals surface area contributed by atoms with Crippen LogP contribution in [0.1, 0.15) is 0 Å². The Morgan fingerprint density at radius 2 is 1.89 bits per heavy atom. The molecule has 0 aliphatic carbocycles. The van der Waals surface area contributed by atoms with Gasteiger partial charge in [0, 0.05) is 6.20 Å². The van der Waals surface area contributed by atoms with Crippen molar-refractivity contribution in [1.82, 2.24) is 15.2 Å². The van der Waals surface area contributed by atoms with Crippen LogP contribution in [-0.2, 0) is 0 Å². The van der Waals surface area contributed by atoms with Crippen LogP contribution in [0.5, 0.6) is 0 Å². The zero-order valence-electron chi connectivity index (χ0n) is 8.80. The number of hydrogen-bond acceptors (Lipinski definition) is 5. The van der Waals surface area contributed by atoms with Crippen LogP contribution in [0.25, 0.3) is 22.2 Å². The molecule has 90 valence electrons. The maximum Gasteiger partial charge on any atom is 0.259 e. The third-order valence-electron chi connectivity index (χ3n) is 2.21. The Labute approximate surface area is 116 Å². The largest absolute Gasteiger partial charge is 0.415 e. The van der Waals surface area contributed by atoms with E-state index in [4.69, 9.17) is 27.6 Å². The van der Waals surface area contributed by atoms with Crippen molar-refractivity contribution in [1.29, 1.82) is 0 Å². The lowest BCUT2D eigenvalue weighted by atomic mass is 10.3. The van der Waals surface area contributed by atoms with Crippen molar-refractivity contribution in [3.8, 4) is 22.2 Å². The molecule has 0 aromatic carbocycles. The topological polar surface area (TPSA) is 51.8 Å². The molecule has 3 rings (SSSR count). The minimum Gasteiger partial charge on any atom is -0.415 e. The number of hydrogen-bond donors (Lipinski definition) is 0. The third kappa shape index (κ3) is 2.12. The molecule has 0 fully saturated rings. The highest BCUT2D eigenvalue weighted by Crippen LogP contribution is 2.33. The molecule has 0 aliphatic rings. The molecule has 3 aromatic heterocycles. The summed E-state index contributed by atoms with van der Waals surface area (Å²) in [5.74, 6) is 0.790. The zero-order valence-corrected chi connectivity index (χ0v) is 11.1. The first-order valence-corrected chi connectivity index (χ1v) is 6.56. The van der Waals surface area contributed by atoms with Crippen molar-refractivity contribution in [2.24, 2.45) is 0 Å². The predicted molar refractivity (Wildman–Crippen MR) is 70.9 cm³/mol. The van der Waals surface area contributed by atoms with E-state index < -0.39 is 0 Å². The number of thiophene rings is 1. The molecule has 7 heteroatoms. The Morgan fingerprint density at radius 1 is 1.06 bits per heavy atom. The number of pyridine rings is 1. The normalized spacial score (nSPS) is 10.8. The first-order chi connectivity index (χ1) is 8.74. The van der Waals surface area contributed by atoms with E-state index in [2.05, 4.69) is 15.2 Å². The Morgan fingerprint density at radius 3 is 2.56 bits per heavy atom. The summed E-state index contributed by atoms with van der Waals surface area (Å²) in [5.41, 5.74) is 0.714. The molecule has 0 N–H and O–H groups in total. The van der Waals surface area contributed by atoms with E-state index in [0.29, 0.717) is 27.5 Å². The second-order valence-electron chi connectivity index (χ2n) is 3.38. The highest BCUT2D eigenvalue weighted by Gasteiger charge is 2.14. The van der Waals surface area contributed by atoms with Crippen molar-refractivity contribution < 1.29 is 4.42 Å². The second kappa shape index (κ2) is 4.68. The lowest BCUT2D eigenvalue weighted by molar-refractivity contribution is 0.586. The molecular weight excluding hydrogens is 293 g/mol. The van der Waals surface area contributed by atoms with Gasteiger partial charge in [0.2, 0.25) is 5.89 Å². The van der Waals surface area contributed by atoms with Gasteiger partial charge in [0.15, 0.2) is 0 Å². The molecule has 0 spiro atoms. The molecule has 0 amide bonds. The van der Waals surface area contributed by atoms with E-state index in [1.807, 2.05) is 5.38 Å². The van der Waals surface area contributed by atoms with Crippen LogP contribution >= 0.6 is 34.5 Å². The first kappa shape index (κ1) is 11.6. The summed E-state index contributed by atoms with van der Waals surface area (Å²) < 4.78 is 5.56. The minimum absolute atomic E-state index is 0.388. The van der Waals surface area contributed by atoms with Gasteiger partial charge in [-0.05, 0) is 23.6 Å². The quantitative estimate of drug-likeness (QED) is 0.666. The Kier molecular flexibility index (Phi) is 3.03. The van der Waals surface area contributed by atoms with Gasteiger partial charge in [-0.3, -0.25) is 0 Å². The minimum atomic E-state index is 0.388. The molecule has 0 saturated heterocycles. The Bertz CT molecular complexity index is 678. The molecule has 0 atom stereocenters.